The average molecular weight is 771 g/mol. The van der Waals surface area contributed by atoms with Crippen molar-refractivity contribution >= 4 is 78.7 Å². The minimum Gasteiger partial charge on any atom is -0.480 e. The summed E-state index contributed by atoms with van der Waals surface area (Å²) in [5.74, 6) is -3.92. The molecule has 0 aliphatic carbocycles. The Hall–Kier alpha value is -1.90. The summed E-state index contributed by atoms with van der Waals surface area (Å²) in [7, 11) is 5.79. The number of nitrogens with two attached hydrogens (primary N) is 3. The molecule has 0 aromatic heterocycles. The Bertz CT molecular complexity index is 1060. The molecule has 12 N–H and O–H groups in total. The first-order valence-electron chi connectivity index (χ1n) is 16.2. The zero-order valence-corrected chi connectivity index (χ0v) is 32.8. The van der Waals surface area contributed by atoms with Gasteiger partial charge in [-0.2, -0.15) is 0 Å². The Morgan fingerprint density at radius 1 is 0.612 bits per heavy atom. The van der Waals surface area contributed by atoms with Crippen molar-refractivity contribution in [1.82, 2.24) is 26.6 Å². The van der Waals surface area contributed by atoms with Gasteiger partial charge in [-0.3, -0.25) is 28.8 Å². The zero-order valence-electron chi connectivity index (χ0n) is 29.6. The molecule has 0 fully saturated rings. The van der Waals surface area contributed by atoms with Crippen molar-refractivity contribution in [3.05, 3.63) is 0 Å². The van der Waals surface area contributed by atoms with Crippen LogP contribution in [0.3, 0.4) is 0 Å². The van der Waals surface area contributed by atoms with Crippen molar-refractivity contribution in [1.29, 1.82) is 0 Å². The molecule has 4 atom stereocenters. The monoisotopic (exact) mass is 770 g/mol. The molecule has 0 unspecified atom stereocenters. The van der Waals surface area contributed by atoms with Crippen LogP contribution >= 0.6 is 43.2 Å². The van der Waals surface area contributed by atoms with Crippen molar-refractivity contribution in [2.75, 3.05) is 37.7 Å². The van der Waals surface area contributed by atoms with E-state index in [4.69, 9.17) is 22.3 Å². The SMILES string of the molecule is CC(C)(C)SSC[C@H](NC(=O)[C@H](CCCCN)NC(=O)CNC(=O)[C@H](CSSC(C)(C)C)NC(=O)[C@@H](N)CCCCN)C(=O)NCC(=O)O. The maximum absolute atomic E-state index is 13.4. The van der Waals surface area contributed by atoms with Crippen LogP contribution in [-0.4, -0.2) is 112 Å². The molecule has 0 aliphatic rings. The summed E-state index contributed by atoms with van der Waals surface area (Å²) in [6.45, 7) is 11.8. The minimum atomic E-state index is -1.23. The van der Waals surface area contributed by atoms with Crippen molar-refractivity contribution < 1.29 is 33.9 Å². The Morgan fingerprint density at radius 3 is 1.51 bits per heavy atom. The molecule has 49 heavy (non-hydrogen) atoms. The smallest absolute Gasteiger partial charge is 0.322 e. The fourth-order valence-corrected chi connectivity index (χ4v) is 8.63. The number of rotatable bonds is 25. The minimum absolute atomic E-state index is 0.103. The first-order valence-corrected chi connectivity index (χ1v) is 20.9. The fraction of sp³-hybridized carbons (Fsp3) is 0.800. The summed E-state index contributed by atoms with van der Waals surface area (Å²) in [5, 5.41) is 21.8. The maximum Gasteiger partial charge on any atom is 0.322 e. The Kier molecular flexibility index (Phi) is 24.1. The number of carbonyl (C=O) groups excluding carboxylic acids is 5. The topological polar surface area (TPSA) is 261 Å². The van der Waals surface area contributed by atoms with Crippen molar-refractivity contribution in [3.8, 4) is 0 Å². The summed E-state index contributed by atoms with van der Waals surface area (Å²) in [5.41, 5.74) is 17.2. The zero-order chi connectivity index (χ0) is 37.6. The standard InChI is InChI=1S/C30H58N8O7S4/c1-29(2,3)48-46-17-21(37-25(42)19(33)11-7-9-13-31)26(43)34-15-23(39)36-20(12-8-10-14-32)28(45)38-22(18-47-49-30(4,5)6)27(44)35-16-24(40)41/h19-22H,7-18,31-33H2,1-6H3,(H,34,43)(H,35,44)(H,36,39)(H,37,42)(H,38,45)(H,40,41)/t19-,20-,21-,22-/m0/s1. The van der Waals surface area contributed by atoms with Gasteiger partial charge in [0.15, 0.2) is 0 Å². The third-order valence-corrected chi connectivity index (χ3v) is 12.8. The van der Waals surface area contributed by atoms with Gasteiger partial charge in [0.2, 0.25) is 29.5 Å². The van der Waals surface area contributed by atoms with Crippen LogP contribution in [0.1, 0.15) is 80.1 Å². The number of aliphatic carboxylic acids is 1. The molecule has 0 saturated carbocycles. The highest BCUT2D eigenvalue weighted by Gasteiger charge is 2.29. The molecule has 0 aromatic rings. The number of carboxylic acid groups (broad SMARTS) is 1. The highest BCUT2D eigenvalue weighted by molar-refractivity contribution is 8.77. The molecule has 19 heteroatoms. The number of amides is 5. The first kappa shape index (κ1) is 47.1. The molecule has 0 aromatic carbocycles. The predicted octanol–water partition coefficient (Wildman–Crippen LogP) is 0.703. The highest BCUT2D eigenvalue weighted by atomic mass is 33.1. The molecule has 0 radical (unpaired) electrons. The molecule has 0 rings (SSSR count). The van der Waals surface area contributed by atoms with Crippen LogP contribution in [0.4, 0.5) is 0 Å². The molecule has 0 aliphatic heterocycles. The number of carboxylic acids is 1. The van der Waals surface area contributed by atoms with Crippen LogP contribution in [0.25, 0.3) is 0 Å². The quantitative estimate of drug-likeness (QED) is 0.0458. The van der Waals surface area contributed by atoms with Gasteiger partial charge in [0.25, 0.3) is 0 Å². The average Bonchev–Trinajstić information content (AvgIpc) is 2.99. The third kappa shape index (κ3) is 24.8. The summed E-state index contributed by atoms with van der Waals surface area (Å²) in [6.07, 6.45) is 3.08. The predicted molar refractivity (Wildman–Crippen MR) is 203 cm³/mol. The second kappa shape index (κ2) is 25.1. The largest absolute Gasteiger partial charge is 0.480 e. The van der Waals surface area contributed by atoms with Gasteiger partial charge in [0.1, 0.15) is 24.7 Å². The van der Waals surface area contributed by atoms with Crippen LogP contribution in [0, 0.1) is 0 Å². The van der Waals surface area contributed by atoms with Crippen LogP contribution in [-0.2, 0) is 28.8 Å². The van der Waals surface area contributed by atoms with Gasteiger partial charge < -0.3 is 48.9 Å². The van der Waals surface area contributed by atoms with E-state index in [9.17, 15) is 28.8 Å². The van der Waals surface area contributed by atoms with Gasteiger partial charge in [-0.25, -0.2) is 0 Å². The van der Waals surface area contributed by atoms with E-state index in [1.807, 2.05) is 41.5 Å². The van der Waals surface area contributed by atoms with Crippen molar-refractivity contribution in [2.24, 2.45) is 17.2 Å². The van der Waals surface area contributed by atoms with Gasteiger partial charge in [-0.05, 0) is 45.2 Å². The van der Waals surface area contributed by atoms with Crippen LogP contribution in [0.15, 0.2) is 0 Å². The van der Waals surface area contributed by atoms with E-state index in [1.54, 1.807) is 10.8 Å². The van der Waals surface area contributed by atoms with E-state index >= 15 is 0 Å². The third-order valence-electron chi connectivity index (χ3n) is 6.09. The number of hydrogen-bond acceptors (Lipinski definition) is 13. The first-order chi connectivity index (χ1) is 22.8. The molecule has 5 amide bonds. The van der Waals surface area contributed by atoms with E-state index in [-0.39, 0.29) is 27.4 Å². The molecule has 0 saturated heterocycles. The maximum atomic E-state index is 13.4. The molecule has 0 spiro atoms. The Labute approximate surface area is 306 Å². The lowest BCUT2D eigenvalue weighted by molar-refractivity contribution is -0.138. The Morgan fingerprint density at radius 2 is 1.06 bits per heavy atom. The molecule has 15 nitrogen and oxygen atoms in total. The van der Waals surface area contributed by atoms with E-state index < -0.39 is 72.8 Å². The molecular weight excluding hydrogens is 713 g/mol. The van der Waals surface area contributed by atoms with Gasteiger partial charge in [-0.15, -0.1) is 0 Å². The number of hydrogen-bond donors (Lipinski definition) is 9. The lowest BCUT2D eigenvalue weighted by Crippen LogP contribution is -2.57. The lowest BCUT2D eigenvalue weighted by atomic mass is 10.1. The van der Waals surface area contributed by atoms with Crippen molar-refractivity contribution in [3.63, 3.8) is 0 Å². The number of unbranched alkanes of at least 4 members (excludes halogenated alkanes) is 2. The second-order valence-electron chi connectivity index (χ2n) is 13.2. The summed E-state index contributed by atoms with van der Waals surface area (Å²) < 4.78 is -0.240. The van der Waals surface area contributed by atoms with Gasteiger partial charge >= 0.3 is 5.97 Å². The summed E-state index contributed by atoms with van der Waals surface area (Å²) in [6, 6.07) is -3.93. The van der Waals surface area contributed by atoms with Crippen LogP contribution in [0.5, 0.6) is 0 Å². The second-order valence-corrected chi connectivity index (χ2v) is 19.5. The van der Waals surface area contributed by atoms with Gasteiger partial charge in [0.05, 0.1) is 12.6 Å². The fourth-order valence-electron chi connectivity index (χ4n) is 3.70. The van der Waals surface area contributed by atoms with E-state index in [0.29, 0.717) is 38.8 Å². The summed E-state index contributed by atoms with van der Waals surface area (Å²) >= 11 is 0. The summed E-state index contributed by atoms with van der Waals surface area (Å²) in [4.78, 5) is 76.1. The lowest BCUT2D eigenvalue weighted by Gasteiger charge is -2.24. The highest BCUT2D eigenvalue weighted by Crippen LogP contribution is 2.36. The normalized spacial score (nSPS) is 14.1. The van der Waals surface area contributed by atoms with E-state index in [2.05, 4.69) is 26.6 Å². The molecule has 0 bridgehead atoms. The molecule has 0 heterocycles. The van der Waals surface area contributed by atoms with Crippen molar-refractivity contribution in [2.45, 2.75) is 114 Å². The van der Waals surface area contributed by atoms with Gasteiger partial charge in [0, 0.05) is 21.0 Å². The number of nitrogens with one attached hydrogen (secondary N) is 5. The van der Waals surface area contributed by atoms with Crippen LogP contribution in [0.2, 0.25) is 0 Å². The van der Waals surface area contributed by atoms with Gasteiger partial charge in [-0.1, -0.05) is 91.1 Å². The Balaban J connectivity index is 5.62. The number of carbonyl (C=O) groups is 6. The molecular formula is C30H58N8O7S4. The molecule has 284 valence electrons. The van der Waals surface area contributed by atoms with E-state index in [1.165, 1.54) is 32.4 Å². The van der Waals surface area contributed by atoms with Crippen LogP contribution < -0.4 is 43.8 Å². The van der Waals surface area contributed by atoms with E-state index in [0.717, 1.165) is 6.42 Å².